The first-order valence-corrected chi connectivity index (χ1v) is 8.47. The average molecular weight is 284 g/mol. The molecule has 1 saturated heterocycles. The van der Waals surface area contributed by atoms with Crippen molar-refractivity contribution in [3.63, 3.8) is 0 Å². The van der Waals surface area contributed by atoms with Gasteiger partial charge < -0.3 is 15.3 Å². The Kier molecular flexibility index (Phi) is 7.49. The Labute approximate surface area is 126 Å². The second-order valence-electron chi connectivity index (χ2n) is 7.52. The Morgan fingerprint density at radius 3 is 2.50 bits per heavy atom. The Balaban J connectivity index is 2.20. The van der Waals surface area contributed by atoms with Crippen molar-refractivity contribution in [1.82, 2.24) is 10.2 Å². The molecule has 120 valence electrons. The third-order valence-corrected chi connectivity index (χ3v) is 4.86. The summed E-state index contributed by atoms with van der Waals surface area (Å²) in [6.07, 6.45) is 4.85. The predicted octanol–water partition coefficient (Wildman–Crippen LogP) is 2.88. The van der Waals surface area contributed by atoms with Crippen molar-refractivity contribution in [3.8, 4) is 0 Å². The van der Waals surface area contributed by atoms with Gasteiger partial charge in [0.15, 0.2) is 0 Å². The van der Waals surface area contributed by atoms with E-state index in [2.05, 4.69) is 44.8 Å². The monoisotopic (exact) mass is 284 g/mol. The molecule has 3 unspecified atom stereocenters. The van der Waals surface area contributed by atoms with Crippen LogP contribution in [-0.4, -0.2) is 47.8 Å². The number of rotatable bonds is 8. The van der Waals surface area contributed by atoms with Crippen LogP contribution in [0.3, 0.4) is 0 Å². The Morgan fingerprint density at radius 2 is 1.95 bits per heavy atom. The molecule has 2 N–H and O–H groups in total. The van der Waals surface area contributed by atoms with E-state index in [4.69, 9.17) is 0 Å². The Hall–Kier alpha value is -0.120. The maximum atomic E-state index is 9.57. The van der Waals surface area contributed by atoms with E-state index in [1.54, 1.807) is 0 Å². The minimum absolute atomic E-state index is 0.113. The molecule has 20 heavy (non-hydrogen) atoms. The molecular formula is C17H36N2O. The second-order valence-corrected chi connectivity index (χ2v) is 7.52. The van der Waals surface area contributed by atoms with Gasteiger partial charge in [-0.15, -0.1) is 0 Å². The summed E-state index contributed by atoms with van der Waals surface area (Å²) in [5.41, 5.74) is -0.113. The van der Waals surface area contributed by atoms with Gasteiger partial charge in [-0.05, 0) is 51.1 Å². The van der Waals surface area contributed by atoms with Crippen LogP contribution in [0.2, 0.25) is 0 Å². The van der Waals surface area contributed by atoms with Crippen LogP contribution in [-0.2, 0) is 0 Å². The number of nitrogens with zero attached hydrogens (tertiary/aromatic N) is 1. The molecule has 0 saturated carbocycles. The predicted molar refractivity (Wildman–Crippen MR) is 87.0 cm³/mol. The molecule has 0 amide bonds. The summed E-state index contributed by atoms with van der Waals surface area (Å²) in [7, 11) is 0. The van der Waals surface area contributed by atoms with Crippen molar-refractivity contribution in [2.75, 3.05) is 26.2 Å². The van der Waals surface area contributed by atoms with Gasteiger partial charge in [-0.25, -0.2) is 0 Å². The highest BCUT2D eigenvalue weighted by Gasteiger charge is 2.24. The SMILES string of the molecule is CC(C)NC(C)(CO)CCCCN1CCC(C)C(C)C1. The first kappa shape index (κ1) is 17.9. The Morgan fingerprint density at radius 1 is 1.25 bits per heavy atom. The number of aliphatic hydroxyl groups is 1. The number of likely N-dealkylation sites (tertiary alicyclic amines) is 1. The van der Waals surface area contributed by atoms with E-state index >= 15 is 0 Å². The lowest BCUT2D eigenvalue weighted by Gasteiger charge is -2.35. The van der Waals surface area contributed by atoms with Crippen molar-refractivity contribution in [3.05, 3.63) is 0 Å². The highest BCUT2D eigenvalue weighted by Crippen LogP contribution is 2.23. The van der Waals surface area contributed by atoms with Crippen LogP contribution >= 0.6 is 0 Å². The molecule has 0 spiro atoms. The molecule has 0 aliphatic carbocycles. The van der Waals surface area contributed by atoms with E-state index in [1.165, 1.54) is 38.9 Å². The summed E-state index contributed by atoms with van der Waals surface area (Å²) in [5, 5.41) is 13.1. The van der Waals surface area contributed by atoms with Gasteiger partial charge in [-0.2, -0.15) is 0 Å². The lowest BCUT2D eigenvalue weighted by atomic mass is 9.88. The zero-order chi connectivity index (χ0) is 15.2. The molecule has 1 aliphatic rings. The van der Waals surface area contributed by atoms with E-state index in [9.17, 15) is 5.11 Å². The van der Waals surface area contributed by atoms with Crippen LogP contribution in [0.25, 0.3) is 0 Å². The zero-order valence-corrected chi connectivity index (χ0v) is 14.3. The van der Waals surface area contributed by atoms with Crippen LogP contribution in [0.5, 0.6) is 0 Å². The minimum atomic E-state index is -0.113. The van der Waals surface area contributed by atoms with Crippen LogP contribution in [0.1, 0.15) is 60.3 Å². The maximum Gasteiger partial charge on any atom is 0.0610 e. The van der Waals surface area contributed by atoms with Gasteiger partial charge in [0.25, 0.3) is 0 Å². The van der Waals surface area contributed by atoms with E-state index in [0.29, 0.717) is 6.04 Å². The molecule has 1 aliphatic heterocycles. The molecule has 0 aromatic rings. The number of unbranched alkanes of at least 4 members (excludes halogenated alkanes) is 1. The zero-order valence-electron chi connectivity index (χ0n) is 14.3. The highest BCUT2D eigenvalue weighted by atomic mass is 16.3. The van der Waals surface area contributed by atoms with Crippen LogP contribution in [0.15, 0.2) is 0 Å². The van der Waals surface area contributed by atoms with Gasteiger partial charge >= 0.3 is 0 Å². The van der Waals surface area contributed by atoms with E-state index in [0.717, 1.165) is 18.3 Å². The van der Waals surface area contributed by atoms with E-state index in [1.807, 2.05) is 0 Å². The second kappa shape index (κ2) is 8.35. The first-order chi connectivity index (χ1) is 9.36. The fraction of sp³-hybridized carbons (Fsp3) is 1.00. The smallest absolute Gasteiger partial charge is 0.0610 e. The molecule has 1 fully saturated rings. The molecule has 3 nitrogen and oxygen atoms in total. The molecular weight excluding hydrogens is 248 g/mol. The number of aliphatic hydroxyl groups excluding tert-OH is 1. The number of nitrogens with one attached hydrogen (secondary N) is 1. The third kappa shape index (κ3) is 6.11. The molecule has 0 aromatic carbocycles. The van der Waals surface area contributed by atoms with Gasteiger partial charge in [-0.3, -0.25) is 0 Å². The van der Waals surface area contributed by atoms with Crippen molar-refractivity contribution in [2.45, 2.75) is 71.9 Å². The fourth-order valence-electron chi connectivity index (χ4n) is 3.30. The van der Waals surface area contributed by atoms with Gasteiger partial charge in [0.1, 0.15) is 0 Å². The summed E-state index contributed by atoms with van der Waals surface area (Å²) in [6, 6.07) is 0.427. The number of piperidine rings is 1. The molecule has 0 bridgehead atoms. The normalized spacial score (nSPS) is 27.8. The van der Waals surface area contributed by atoms with E-state index in [-0.39, 0.29) is 12.1 Å². The van der Waals surface area contributed by atoms with Gasteiger partial charge in [0.05, 0.1) is 6.61 Å². The van der Waals surface area contributed by atoms with E-state index < -0.39 is 0 Å². The summed E-state index contributed by atoms with van der Waals surface area (Å²) in [4.78, 5) is 2.62. The van der Waals surface area contributed by atoms with Crippen molar-refractivity contribution in [2.24, 2.45) is 11.8 Å². The largest absolute Gasteiger partial charge is 0.394 e. The quantitative estimate of drug-likeness (QED) is 0.673. The number of hydrogen-bond donors (Lipinski definition) is 2. The summed E-state index contributed by atoms with van der Waals surface area (Å²) in [6.45, 7) is 15.2. The van der Waals surface area contributed by atoms with Crippen molar-refractivity contribution >= 4 is 0 Å². The standard InChI is InChI=1S/C17H36N2O/c1-14(2)18-17(5,13-20)9-6-7-10-19-11-8-15(3)16(4)12-19/h14-16,18,20H,6-13H2,1-5H3. The third-order valence-electron chi connectivity index (χ3n) is 4.86. The maximum absolute atomic E-state index is 9.57. The highest BCUT2D eigenvalue weighted by molar-refractivity contribution is 4.84. The lowest BCUT2D eigenvalue weighted by molar-refractivity contribution is 0.129. The topological polar surface area (TPSA) is 35.5 Å². The summed E-state index contributed by atoms with van der Waals surface area (Å²) < 4.78 is 0. The van der Waals surface area contributed by atoms with Gasteiger partial charge in [0.2, 0.25) is 0 Å². The van der Waals surface area contributed by atoms with Crippen LogP contribution in [0, 0.1) is 11.8 Å². The van der Waals surface area contributed by atoms with Crippen LogP contribution < -0.4 is 5.32 Å². The van der Waals surface area contributed by atoms with Crippen molar-refractivity contribution in [1.29, 1.82) is 0 Å². The molecule has 1 heterocycles. The first-order valence-electron chi connectivity index (χ1n) is 8.47. The number of hydrogen-bond acceptors (Lipinski definition) is 3. The average Bonchev–Trinajstić information content (AvgIpc) is 2.38. The molecule has 0 radical (unpaired) electrons. The van der Waals surface area contributed by atoms with Gasteiger partial charge in [-0.1, -0.05) is 34.1 Å². The molecule has 3 heteroatoms. The van der Waals surface area contributed by atoms with Crippen LogP contribution in [0.4, 0.5) is 0 Å². The molecule has 0 aromatic heterocycles. The van der Waals surface area contributed by atoms with Gasteiger partial charge in [0, 0.05) is 18.1 Å². The minimum Gasteiger partial charge on any atom is -0.394 e. The summed E-state index contributed by atoms with van der Waals surface area (Å²) in [5.74, 6) is 1.73. The molecule has 3 atom stereocenters. The summed E-state index contributed by atoms with van der Waals surface area (Å²) >= 11 is 0. The Bertz CT molecular complexity index is 270. The molecule has 1 rings (SSSR count). The fourth-order valence-corrected chi connectivity index (χ4v) is 3.30. The lowest BCUT2D eigenvalue weighted by Crippen LogP contribution is -2.49. The van der Waals surface area contributed by atoms with Crippen molar-refractivity contribution < 1.29 is 5.11 Å².